The van der Waals surface area contributed by atoms with Crippen LogP contribution in [0.1, 0.15) is 19.3 Å². The Labute approximate surface area is 56.2 Å². The van der Waals surface area contributed by atoms with E-state index in [1.165, 1.54) is 0 Å². The Morgan fingerprint density at radius 1 is 1.78 bits per heavy atom. The summed E-state index contributed by atoms with van der Waals surface area (Å²) < 4.78 is 4.81. The summed E-state index contributed by atoms with van der Waals surface area (Å²) in [6.45, 7) is 3.65. The molecule has 1 radical (unpaired) electrons. The van der Waals surface area contributed by atoms with Crippen molar-refractivity contribution in [2.45, 2.75) is 25.4 Å². The minimum absolute atomic E-state index is 0.216. The van der Waals surface area contributed by atoms with Crippen molar-refractivity contribution >= 4 is 6.29 Å². The zero-order valence-electron chi connectivity index (χ0n) is 5.80. The Morgan fingerprint density at radius 3 is 2.78 bits per heavy atom. The van der Waals surface area contributed by atoms with Crippen LogP contribution < -0.4 is 0 Å². The molecule has 0 bridgehead atoms. The molecule has 0 heterocycles. The van der Waals surface area contributed by atoms with Gasteiger partial charge in [-0.1, -0.05) is 19.8 Å². The van der Waals surface area contributed by atoms with Gasteiger partial charge in [0.1, 0.15) is 12.4 Å². The van der Waals surface area contributed by atoms with Gasteiger partial charge in [0.2, 0.25) is 0 Å². The van der Waals surface area contributed by atoms with Crippen molar-refractivity contribution in [2.24, 2.45) is 0 Å². The first-order valence-electron chi connectivity index (χ1n) is 3.12. The zero-order chi connectivity index (χ0) is 7.11. The summed E-state index contributed by atoms with van der Waals surface area (Å²) in [4.78, 5) is 10.1. The fourth-order valence-electron chi connectivity index (χ4n) is 0.587. The molecule has 9 heavy (non-hydrogen) atoms. The van der Waals surface area contributed by atoms with E-state index in [9.17, 15) is 4.79 Å². The quantitative estimate of drug-likeness (QED) is 0.521. The number of carbonyl (C=O) groups excluding carboxylic acids is 1. The SMILES string of the molecule is [CH2]CCCC(C=O)OC. The normalized spacial score (nSPS) is 13.1. The van der Waals surface area contributed by atoms with Crippen LogP contribution in [-0.2, 0) is 9.53 Å². The van der Waals surface area contributed by atoms with Crippen LogP contribution in [0.3, 0.4) is 0 Å². The Kier molecular flexibility index (Phi) is 5.52. The summed E-state index contributed by atoms with van der Waals surface area (Å²) in [5.74, 6) is 0. The van der Waals surface area contributed by atoms with Crippen LogP contribution in [0.4, 0.5) is 0 Å². The highest BCUT2D eigenvalue weighted by atomic mass is 16.5. The van der Waals surface area contributed by atoms with Crippen molar-refractivity contribution < 1.29 is 9.53 Å². The summed E-state index contributed by atoms with van der Waals surface area (Å²) >= 11 is 0. The molecule has 2 heteroatoms. The number of hydrogen-bond acceptors (Lipinski definition) is 2. The lowest BCUT2D eigenvalue weighted by Crippen LogP contribution is -2.10. The second-order valence-electron chi connectivity index (χ2n) is 1.91. The van der Waals surface area contributed by atoms with Gasteiger partial charge in [0, 0.05) is 7.11 Å². The number of rotatable bonds is 5. The maximum Gasteiger partial charge on any atom is 0.148 e. The maximum atomic E-state index is 10.1. The van der Waals surface area contributed by atoms with Gasteiger partial charge in [0.25, 0.3) is 0 Å². The Hall–Kier alpha value is -0.370. The van der Waals surface area contributed by atoms with Crippen molar-refractivity contribution in [1.29, 1.82) is 0 Å². The molecule has 0 fully saturated rings. The van der Waals surface area contributed by atoms with Gasteiger partial charge < -0.3 is 9.53 Å². The lowest BCUT2D eigenvalue weighted by molar-refractivity contribution is -0.116. The van der Waals surface area contributed by atoms with Gasteiger partial charge in [0.15, 0.2) is 0 Å². The van der Waals surface area contributed by atoms with Gasteiger partial charge in [-0.15, -0.1) is 0 Å². The van der Waals surface area contributed by atoms with Crippen LogP contribution in [0.15, 0.2) is 0 Å². The minimum Gasteiger partial charge on any atom is -0.374 e. The molecule has 0 amide bonds. The van der Waals surface area contributed by atoms with Crippen LogP contribution in [-0.4, -0.2) is 19.5 Å². The molecule has 1 unspecified atom stereocenters. The first-order chi connectivity index (χ1) is 4.35. The number of methoxy groups -OCH3 is 1. The van der Waals surface area contributed by atoms with E-state index in [-0.39, 0.29) is 6.10 Å². The molecule has 0 aliphatic rings. The third-order valence-corrected chi connectivity index (χ3v) is 1.19. The van der Waals surface area contributed by atoms with Crippen LogP contribution in [0.2, 0.25) is 0 Å². The fraction of sp³-hybridized carbons (Fsp3) is 0.714. The second-order valence-corrected chi connectivity index (χ2v) is 1.91. The molecule has 0 aromatic rings. The number of unbranched alkanes of at least 4 members (excludes halogenated alkanes) is 1. The number of hydrogen-bond donors (Lipinski definition) is 0. The van der Waals surface area contributed by atoms with E-state index in [0.29, 0.717) is 0 Å². The van der Waals surface area contributed by atoms with E-state index >= 15 is 0 Å². The fourth-order valence-corrected chi connectivity index (χ4v) is 0.587. The predicted molar refractivity (Wildman–Crippen MR) is 36.1 cm³/mol. The summed E-state index contributed by atoms with van der Waals surface area (Å²) in [6.07, 6.45) is 3.23. The Bertz CT molecular complexity index is 71.3. The molecular formula is C7H13O2. The van der Waals surface area contributed by atoms with E-state index in [1.807, 2.05) is 0 Å². The summed E-state index contributed by atoms with van der Waals surface area (Å²) in [5, 5.41) is 0. The molecule has 0 aliphatic heterocycles. The molecule has 0 aliphatic carbocycles. The molecule has 2 nitrogen and oxygen atoms in total. The molecule has 0 rings (SSSR count). The van der Waals surface area contributed by atoms with E-state index < -0.39 is 0 Å². The van der Waals surface area contributed by atoms with E-state index in [4.69, 9.17) is 4.74 Å². The monoisotopic (exact) mass is 129 g/mol. The molecule has 0 aromatic heterocycles. The first-order valence-corrected chi connectivity index (χ1v) is 3.12. The Balaban J connectivity index is 3.20. The van der Waals surface area contributed by atoms with Gasteiger partial charge in [-0.25, -0.2) is 0 Å². The Morgan fingerprint density at radius 2 is 2.44 bits per heavy atom. The number of aldehydes is 1. The highest BCUT2D eigenvalue weighted by molar-refractivity contribution is 5.55. The smallest absolute Gasteiger partial charge is 0.148 e. The van der Waals surface area contributed by atoms with Crippen molar-refractivity contribution in [3.05, 3.63) is 6.92 Å². The average Bonchev–Trinajstić information content (AvgIpc) is 1.91. The largest absolute Gasteiger partial charge is 0.374 e. The number of carbonyl (C=O) groups is 1. The third-order valence-electron chi connectivity index (χ3n) is 1.19. The molecule has 0 N–H and O–H groups in total. The lowest BCUT2D eigenvalue weighted by atomic mass is 10.2. The van der Waals surface area contributed by atoms with Crippen molar-refractivity contribution in [1.82, 2.24) is 0 Å². The molecule has 0 saturated carbocycles. The topological polar surface area (TPSA) is 26.3 Å². The van der Waals surface area contributed by atoms with Crippen LogP contribution in [0.25, 0.3) is 0 Å². The van der Waals surface area contributed by atoms with E-state index in [1.54, 1.807) is 7.11 Å². The molecule has 1 atom stereocenters. The maximum absolute atomic E-state index is 10.1. The molecular weight excluding hydrogens is 116 g/mol. The summed E-state index contributed by atoms with van der Waals surface area (Å²) in [6, 6.07) is 0. The van der Waals surface area contributed by atoms with Crippen molar-refractivity contribution in [3.8, 4) is 0 Å². The van der Waals surface area contributed by atoms with Crippen molar-refractivity contribution in [3.63, 3.8) is 0 Å². The highest BCUT2D eigenvalue weighted by Gasteiger charge is 2.01. The van der Waals surface area contributed by atoms with Gasteiger partial charge in [0.05, 0.1) is 0 Å². The average molecular weight is 129 g/mol. The van der Waals surface area contributed by atoms with E-state index in [0.717, 1.165) is 25.5 Å². The van der Waals surface area contributed by atoms with Crippen LogP contribution in [0, 0.1) is 6.92 Å². The minimum atomic E-state index is -0.216. The molecule has 53 valence electrons. The molecule has 0 aromatic carbocycles. The summed E-state index contributed by atoms with van der Waals surface area (Å²) in [5.41, 5.74) is 0. The van der Waals surface area contributed by atoms with Gasteiger partial charge in [-0.05, 0) is 6.42 Å². The standard InChI is InChI=1S/C7H13O2/c1-3-4-5-7(6-8)9-2/h6-7H,1,3-5H2,2H3. The van der Waals surface area contributed by atoms with Gasteiger partial charge in [-0.2, -0.15) is 0 Å². The van der Waals surface area contributed by atoms with Crippen LogP contribution >= 0.6 is 0 Å². The van der Waals surface area contributed by atoms with Gasteiger partial charge in [-0.3, -0.25) is 0 Å². The first kappa shape index (κ1) is 8.63. The molecule has 0 saturated heterocycles. The van der Waals surface area contributed by atoms with Crippen molar-refractivity contribution in [2.75, 3.05) is 7.11 Å². The zero-order valence-corrected chi connectivity index (χ0v) is 5.80. The van der Waals surface area contributed by atoms with E-state index in [2.05, 4.69) is 6.92 Å². The molecule has 0 spiro atoms. The third kappa shape index (κ3) is 4.15. The van der Waals surface area contributed by atoms with Crippen LogP contribution in [0.5, 0.6) is 0 Å². The highest BCUT2D eigenvalue weighted by Crippen LogP contribution is 1.99. The summed E-state index contributed by atoms with van der Waals surface area (Å²) in [7, 11) is 1.54. The number of ether oxygens (including phenoxy) is 1. The van der Waals surface area contributed by atoms with Gasteiger partial charge >= 0.3 is 0 Å². The predicted octanol–water partition coefficient (Wildman–Crippen LogP) is 1.20. The lowest BCUT2D eigenvalue weighted by Gasteiger charge is -2.04. The second kappa shape index (κ2) is 5.76.